The second-order valence-electron chi connectivity index (χ2n) is 8.22. The Bertz CT molecular complexity index is 1080. The second-order valence-corrected chi connectivity index (χ2v) is 8.22. The predicted octanol–water partition coefficient (Wildman–Crippen LogP) is 6.03. The van der Waals surface area contributed by atoms with Crippen LogP contribution < -0.4 is 0 Å². The molecule has 0 aliphatic carbocycles. The molecule has 0 saturated carbocycles. The fraction of sp³-hybridized carbons (Fsp3) is 0.308. The summed E-state index contributed by atoms with van der Waals surface area (Å²) in [6, 6.07) is 14.9. The normalized spacial score (nSPS) is 18.6. The van der Waals surface area contributed by atoms with Crippen molar-refractivity contribution in [2.45, 2.75) is 32.4 Å². The van der Waals surface area contributed by atoms with E-state index in [0.717, 1.165) is 12.8 Å². The van der Waals surface area contributed by atoms with Crippen LogP contribution in [0.25, 0.3) is 22.3 Å². The van der Waals surface area contributed by atoms with Crippen molar-refractivity contribution in [2.24, 2.45) is 5.92 Å². The van der Waals surface area contributed by atoms with Crippen LogP contribution in [-0.2, 0) is 15.8 Å². The summed E-state index contributed by atoms with van der Waals surface area (Å²) in [5.41, 5.74) is 2.79. The smallest absolute Gasteiger partial charge is 0.183 e. The molecule has 1 heterocycles. The van der Waals surface area contributed by atoms with Crippen molar-refractivity contribution in [3.63, 3.8) is 0 Å². The molecule has 0 unspecified atom stereocenters. The van der Waals surface area contributed by atoms with E-state index in [0.29, 0.717) is 53.3 Å². The lowest BCUT2D eigenvalue weighted by Crippen LogP contribution is -2.27. The van der Waals surface area contributed by atoms with Crippen molar-refractivity contribution in [2.75, 3.05) is 13.2 Å². The summed E-state index contributed by atoms with van der Waals surface area (Å²) in [6.07, 6.45) is 2.00. The van der Waals surface area contributed by atoms with Gasteiger partial charge in [0.15, 0.2) is 17.9 Å². The summed E-state index contributed by atoms with van der Waals surface area (Å²) in [5, 5.41) is 0. The van der Waals surface area contributed by atoms with E-state index in [4.69, 9.17) is 9.47 Å². The van der Waals surface area contributed by atoms with Crippen LogP contribution in [0.1, 0.15) is 37.2 Å². The number of halogens is 3. The van der Waals surface area contributed by atoms with E-state index in [2.05, 4.69) is 6.92 Å². The molecule has 4 rings (SSSR count). The third kappa shape index (κ3) is 4.62. The molecule has 32 heavy (non-hydrogen) atoms. The topological polar surface area (TPSA) is 18.5 Å². The van der Waals surface area contributed by atoms with Crippen molar-refractivity contribution in [3.05, 3.63) is 83.2 Å². The maximum atomic E-state index is 14.9. The Hall–Kier alpha value is -2.57. The highest BCUT2D eigenvalue weighted by atomic mass is 19.2. The zero-order chi connectivity index (χ0) is 22.7. The standard InChI is InChI=1S/C26H26BF3O2/c1-2-3-16-14-31-26(32-15-16)19-8-10-21(23(28)12-19)17-4-6-18(7-5-17)22-11-9-20(13-27)24(29)25(22)30/h4-12,16,26H,2-3,13-15,27H2,1H3. The third-order valence-electron chi connectivity index (χ3n) is 5.98. The molecule has 1 aliphatic rings. The lowest BCUT2D eigenvalue weighted by molar-refractivity contribution is -0.206. The molecular weight excluding hydrogens is 412 g/mol. The Morgan fingerprint density at radius 3 is 2.06 bits per heavy atom. The highest BCUT2D eigenvalue weighted by Gasteiger charge is 2.24. The molecule has 6 heteroatoms. The Morgan fingerprint density at radius 2 is 1.47 bits per heavy atom. The molecule has 0 N–H and O–H groups in total. The molecule has 0 atom stereocenters. The molecule has 3 aromatic carbocycles. The van der Waals surface area contributed by atoms with Gasteiger partial charge in [0.05, 0.1) is 13.2 Å². The average Bonchev–Trinajstić information content (AvgIpc) is 2.82. The quantitative estimate of drug-likeness (QED) is 0.438. The van der Waals surface area contributed by atoms with Gasteiger partial charge in [0.2, 0.25) is 0 Å². The lowest BCUT2D eigenvalue weighted by atomic mass is 9.93. The van der Waals surface area contributed by atoms with E-state index in [-0.39, 0.29) is 11.4 Å². The van der Waals surface area contributed by atoms with E-state index >= 15 is 0 Å². The first-order valence-electron chi connectivity index (χ1n) is 11.1. The SMILES string of the molecule is BCc1ccc(-c2ccc(-c3ccc(C4OCC(CCC)CO4)cc3F)cc2)c(F)c1F. The third-order valence-corrected chi connectivity index (χ3v) is 5.98. The molecule has 1 aliphatic heterocycles. The summed E-state index contributed by atoms with van der Waals surface area (Å²) in [7, 11) is 1.78. The monoisotopic (exact) mass is 438 g/mol. The molecule has 0 aromatic heterocycles. The van der Waals surface area contributed by atoms with Gasteiger partial charge in [-0.1, -0.05) is 68.2 Å². The molecule has 0 radical (unpaired) electrons. The molecule has 2 nitrogen and oxygen atoms in total. The van der Waals surface area contributed by atoms with Crippen LogP contribution in [0.3, 0.4) is 0 Å². The summed E-state index contributed by atoms with van der Waals surface area (Å²) in [4.78, 5) is 0. The zero-order valence-electron chi connectivity index (χ0n) is 18.3. The molecule has 0 amide bonds. The van der Waals surface area contributed by atoms with Gasteiger partial charge in [-0.2, -0.15) is 0 Å². The first-order valence-corrected chi connectivity index (χ1v) is 11.1. The highest BCUT2D eigenvalue weighted by molar-refractivity contribution is 6.08. The van der Waals surface area contributed by atoms with E-state index < -0.39 is 17.9 Å². The molecular formula is C26H26BF3O2. The van der Waals surface area contributed by atoms with Crippen LogP contribution in [0.4, 0.5) is 13.2 Å². The maximum Gasteiger partial charge on any atom is 0.183 e. The minimum Gasteiger partial charge on any atom is -0.348 e. The number of hydrogen-bond acceptors (Lipinski definition) is 2. The minimum atomic E-state index is -0.860. The Labute approximate surface area is 187 Å². The van der Waals surface area contributed by atoms with Gasteiger partial charge in [0.1, 0.15) is 13.7 Å². The van der Waals surface area contributed by atoms with Gasteiger partial charge >= 0.3 is 0 Å². The Morgan fingerprint density at radius 1 is 0.844 bits per heavy atom. The van der Waals surface area contributed by atoms with Crippen LogP contribution >= 0.6 is 0 Å². The van der Waals surface area contributed by atoms with Crippen molar-refractivity contribution < 1.29 is 22.6 Å². The summed E-state index contributed by atoms with van der Waals surface area (Å²) in [6.45, 7) is 3.35. The van der Waals surface area contributed by atoms with Crippen LogP contribution in [0.2, 0.25) is 0 Å². The van der Waals surface area contributed by atoms with Gasteiger partial charge < -0.3 is 9.47 Å². The number of rotatable bonds is 6. The van der Waals surface area contributed by atoms with Gasteiger partial charge in [0, 0.05) is 22.6 Å². The largest absolute Gasteiger partial charge is 0.348 e. The molecule has 0 spiro atoms. The summed E-state index contributed by atoms with van der Waals surface area (Å²) in [5.74, 6) is -1.68. The van der Waals surface area contributed by atoms with E-state index in [1.54, 1.807) is 56.4 Å². The lowest BCUT2D eigenvalue weighted by Gasteiger charge is -2.29. The van der Waals surface area contributed by atoms with E-state index in [1.807, 2.05) is 0 Å². The summed E-state index contributed by atoms with van der Waals surface area (Å²) >= 11 is 0. The zero-order valence-corrected chi connectivity index (χ0v) is 18.3. The summed E-state index contributed by atoms with van der Waals surface area (Å²) < 4.78 is 55.0. The van der Waals surface area contributed by atoms with Crippen LogP contribution in [0.15, 0.2) is 54.6 Å². The van der Waals surface area contributed by atoms with Crippen molar-refractivity contribution >= 4 is 7.85 Å². The van der Waals surface area contributed by atoms with Gasteiger partial charge in [-0.25, -0.2) is 13.2 Å². The van der Waals surface area contributed by atoms with Crippen molar-refractivity contribution in [1.29, 1.82) is 0 Å². The first-order chi connectivity index (χ1) is 15.5. The molecule has 3 aromatic rings. The van der Waals surface area contributed by atoms with Gasteiger partial charge in [-0.3, -0.25) is 0 Å². The van der Waals surface area contributed by atoms with Crippen LogP contribution in [0.5, 0.6) is 0 Å². The number of benzene rings is 3. The fourth-order valence-electron chi connectivity index (χ4n) is 4.14. The molecule has 1 saturated heterocycles. The Balaban J connectivity index is 1.52. The van der Waals surface area contributed by atoms with E-state index in [9.17, 15) is 13.2 Å². The molecule has 1 fully saturated rings. The highest BCUT2D eigenvalue weighted by Crippen LogP contribution is 2.32. The first kappa shape index (κ1) is 22.6. The molecule has 0 bridgehead atoms. The second kappa shape index (κ2) is 9.93. The average molecular weight is 438 g/mol. The van der Waals surface area contributed by atoms with Gasteiger partial charge in [-0.15, -0.1) is 0 Å². The van der Waals surface area contributed by atoms with E-state index in [1.165, 1.54) is 6.07 Å². The van der Waals surface area contributed by atoms with Crippen molar-refractivity contribution in [1.82, 2.24) is 0 Å². The predicted molar refractivity (Wildman–Crippen MR) is 122 cm³/mol. The maximum absolute atomic E-state index is 14.9. The van der Waals surface area contributed by atoms with Crippen molar-refractivity contribution in [3.8, 4) is 22.3 Å². The fourth-order valence-corrected chi connectivity index (χ4v) is 4.14. The van der Waals surface area contributed by atoms with Crippen LogP contribution in [0, 0.1) is 23.4 Å². The van der Waals surface area contributed by atoms with Gasteiger partial charge in [-0.05, 0) is 29.2 Å². The van der Waals surface area contributed by atoms with Crippen LogP contribution in [-0.4, -0.2) is 21.1 Å². The molecule has 166 valence electrons. The van der Waals surface area contributed by atoms with Gasteiger partial charge in [0.25, 0.3) is 0 Å². The number of ether oxygens (including phenoxy) is 2. The Kier molecular flexibility index (Phi) is 7.02. The minimum absolute atomic E-state index is 0.190. The number of hydrogen-bond donors (Lipinski definition) is 0.